The maximum absolute atomic E-state index is 5.26. The van der Waals surface area contributed by atoms with Gasteiger partial charge in [0, 0.05) is 25.5 Å². The Morgan fingerprint density at radius 1 is 1.40 bits per heavy atom. The second kappa shape index (κ2) is 7.49. The predicted octanol–water partition coefficient (Wildman–Crippen LogP) is 2.27. The third-order valence-corrected chi connectivity index (χ3v) is 3.04. The summed E-state index contributed by atoms with van der Waals surface area (Å²) in [6.07, 6.45) is 6.52. The van der Waals surface area contributed by atoms with E-state index in [4.69, 9.17) is 17.0 Å². The van der Waals surface area contributed by atoms with Crippen LogP contribution in [0.15, 0.2) is 43.0 Å². The van der Waals surface area contributed by atoms with E-state index in [2.05, 4.69) is 15.6 Å². The van der Waals surface area contributed by atoms with Gasteiger partial charge in [-0.25, -0.2) is 4.98 Å². The van der Waals surface area contributed by atoms with Gasteiger partial charge in [-0.15, -0.1) is 0 Å². The number of imidazole rings is 1. The fourth-order valence-corrected chi connectivity index (χ4v) is 2.01. The lowest BCUT2D eigenvalue weighted by Crippen LogP contribution is -2.29. The lowest BCUT2D eigenvalue weighted by Gasteiger charge is -2.13. The number of nitrogens with zero attached hydrogens (tertiary/aromatic N) is 2. The largest absolute Gasteiger partial charge is 0.495 e. The van der Waals surface area contributed by atoms with Crippen LogP contribution in [0.3, 0.4) is 0 Å². The van der Waals surface area contributed by atoms with Gasteiger partial charge >= 0.3 is 0 Å². The number of anilines is 1. The summed E-state index contributed by atoms with van der Waals surface area (Å²) >= 11 is 5.26. The van der Waals surface area contributed by atoms with Crippen molar-refractivity contribution in [2.45, 2.75) is 13.0 Å². The molecule has 0 aliphatic rings. The van der Waals surface area contributed by atoms with Gasteiger partial charge in [-0.3, -0.25) is 0 Å². The van der Waals surface area contributed by atoms with Crippen LogP contribution in [0.2, 0.25) is 0 Å². The number of hydrogen-bond donors (Lipinski definition) is 2. The van der Waals surface area contributed by atoms with E-state index in [1.54, 1.807) is 13.3 Å². The molecule has 2 aromatic rings. The third-order valence-electron chi connectivity index (χ3n) is 2.79. The molecule has 0 saturated carbocycles. The Morgan fingerprint density at radius 2 is 2.25 bits per heavy atom. The quantitative estimate of drug-likeness (QED) is 0.631. The minimum absolute atomic E-state index is 0.597. The van der Waals surface area contributed by atoms with Crippen molar-refractivity contribution < 1.29 is 4.74 Å². The fourth-order valence-electron chi connectivity index (χ4n) is 1.80. The molecule has 0 radical (unpaired) electrons. The molecular weight excluding hydrogens is 272 g/mol. The Bertz CT molecular complexity index is 542. The van der Waals surface area contributed by atoms with Crippen molar-refractivity contribution >= 4 is 23.0 Å². The van der Waals surface area contributed by atoms with Crippen LogP contribution in [-0.2, 0) is 6.54 Å². The second-order valence-electron chi connectivity index (χ2n) is 4.24. The third kappa shape index (κ3) is 4.24. The number of benzene rings is 1. The number of aromatic nitrogens is 2. The van der Waals surface area contributed by atoms with Crippen molar-refractivity contribution in [2.24, 2.45) is 0 Å². The molecule has 2 rings (SSSR count). The van der Waals surface area contributed by atoms with E-state index in [0.717, 1.165) is 30.9 Å². The van der Waals surface area contributed by atoms with Crippen molar-refractivity contribution in [1.29, 1.82) is 0 Å². The number of hydrogen-bond acceptors (Lipinski definition) is 3. The standard InChI is InChI=1S/C14H18N4OS/c1-19-13-6-3-2-5-12(13)17-14(20)16-7-4-9-18-10-8-15-11-18/h2-3,5-6,8,10-11H,4,7,9H2,1H3,(H2,16,17,20). The molecule has 20 heavy (non-hydrogen) atoms. The molecule has 1 aromatic heterocycles. The van der Waals surface area contributed by atoms with Crippen LogP contribution >= 0.6 is 12.2 Å². The molecule has 0 unspecified atom stereocenters. The zero-order chi connectivity index (χ0) is 14.2. The zero-order valence-corrected chi connectivity index (χ0v) is 12.2. The Labute approximate surface area is 124 Å². The molecular formula is C14H18N4OS. The van der Waals surface area contributed by atoms with Crippen LogP contribution in [0, 0.1) is 0 Å². The summed E-state index contributed by atoms with van der Waals surface area (Å²) in [5, 5.41) is 6.90. The first-order valence-corrected chi connectivity index (χ1v) is 6.84. The average molecular weight is 290 g/mol. The molecule has 0 aliphatic carbocycles. The number of methoxy groups -OCH3 is 1. The number of rotatable bonds is 6. The Balaban J connectivity index is 1.72. The van der Waals surface area contributed by atoms with E-state index in [9.17, 15) is 0 Å². The van der Waals surface area contributed by atoms with Crippen LogP contribution in [0.4, 0.5) is 5.69 Å². The van der Waals surface area contributed by atoms with Crippen LogP contribution in [-0.4, -0.2) is 28.3 Å². The number of para-hydroxylation sites is 2. The molecule has 2 N–H and O–H groups in total. The Hall–Kier alpha value is -2.08. The molecule has 5 nitrogen and oxygen atoms in total. The highest BCUT2D eigenvalue weighted by Gasteiger charge is 2.03. The maximum Gasteiger partial charge on any atom is 0.170 e. The van der Waals surface area contributed by atoms with E-state index in [1.165, 1.54) is 0 Å². The van der Waals surface area contributed by atoms with Gasteiger partial charge in [0.25, 0.3) is 0 Å². The Morgan fingerprint density at radius 3 is 3.00 bits per heavy atom. The number of ether oxygens (including phenoxy) is 1. The van der Waals surface area contributed by atoms with Crippen LogP contribution < -0.4 is 15.4 Å². The molecule has 0 aliphatic heterocycles. The van der Waals surface area contributed by atoms with Crippen molar-refractivity contribution in [3.63, 3.8) is 0 Å². The van der Waals surface area contributed by atoms with Crippen molar-refractivity contribution in [2.75, 3.05) is 19.0 Å². The molecule has 0 spiro atoms. The summed E-state index contributed by atoms with van der Waals surface area (Å²) in [6, 6.07) is 7.68. The van der Waals surface area contributed by atoms with E-state index in [-0.39, 0.29) is 0 Å². The van der Waals surface area contributed by atoms with E-state index in [1.807, 2.05) is 41.4 Å². The summed E-state index contributed by atoms with van der Waals surface area (Å²) < 4.78 is 7.30. The van der Waals surface area contributed by atoms with Crippen molar-refractivity contribution in [3.05, 3.63) is 43.0 Å². The number of nitrogens with one attached hydrogen (secondary N) is 2. The molecule has 106 valence electrons. The maximum atomic E-state index is 5.26. The van der Waals surface area contributed by atoms with Crippen molar-refractivity contribution in [1.82, 2.24) is 14.9 Å². The number of aryl methyl sites for hydroxylation is 1. The summed E-state index contributed by atoms with van der Waals surface area (Å²) in [4.78, 5) is 4.00. The molecule has 0 atom stereocenters. The summed E-state index contributed by atoms with van der Waals surface area (Å²) in [6.45, 7) is 1.73. The Kier molecular flexibility index (Phi) is 5.37. The topological polar surface area (TPSA) is 51.1 Å². The normalized spacial score (nSPS) is 10.1. The van der Waals surface area contributed by atoms with Gasteiger partial charge < -0.3 is 19.9 Å². The molecule has 6 heteroatoms. The highest BCUT2D eigenvalue weighted by atomic mass is 32.1. The minimum atomic E-state index is 0.597. The van der Waals surface area contributed by atoms with Gasteiger partial charge in [0.15, 0.2) is 5.11 Å². The second-order valence-corrected chi connectivity index (χ2v) is 4.64. The molecule has 1 heterocycles. The van der Waals surface area contributed by atoms with Gasteiger partial charge in [0.1, 0.15) is 5.75 Å². The lowest BCUT2D eigenvalue weighted by molar-refractivity contribution is 0.417. The number of thiocarbonyl (C=S) groups is 1. The zero-order valence-electron chi connectivity index (χ0n) is 11.4. The summed E-state index contributed by atoms with van der Waals surface area (Å²) in [7, 11) is 1.64. The average Bonchev–Trinajstić information content (AvgIpc) is 2.97. The van der Waals surface area contributed by atoms with E-state index < -0.39 is 0 Å². The van der Waals surface area contributed by atoms with Crippen molar-refractivity contribution in [3.8, 4) is 5.75 Å². The smallest absolute Gasteiger partial charge is 0.170 e. The molecule has 0 saturated heterocycles. The highest BCUT2D eigenvalue weighted by Crippen LogP contribution is 2.22. The molecule has 0 bridgehead atoms. The van der Waals surface area contributed by atoms with Gasteiger partial charge in [-0.1, -0.05) is 12.1 Å². The van der Waals surface area contributed by atoms with E-state index >= 15 is 0 Å². The van der Waals surface area contributed by atoms with Gasteiger partial charge in [0.2, 0.25) is 0 Å². The van der Waals surface area contributed by atoms with Gasteiger partial charge in [0.05, 0.1) is 19.1 Å². The highest BCUT2D eigenvalue weighted by molar-refractivity contribution is 7.80. The van der Waals surface area contributed by atoms with Gasteiger partial charge in [-0.2, -0.15) is 0 Å². The van der Waals surface area contributed by atoms with Gasteiger partial charge in [-0.05, 0) is 30.8 Å². The summed E-state index contributed by atoms with van der Waals surface area (Å²) in [5.41, 5.74) is 0.863. The van der Waals surface area contributed by atoms with E-state index in [0.29, 0.717) is 5.11 Å². The molecule has 0 amide bonds. The fraction of sp³-hybridized carbons (Fsp3) is 0.286. The first-order valence-electron chi connectivity index (χ1n) is 6.43. The van der Waals surface area contributed by atoms with Crippen LogP contribution in [0.1, 0.15) is 6.42 Å². The van der Waals surface area contributed by atoms with Crippen LogP contribution in [0.25, 0.3) is 0 Å². The molecule has 1 aromatic carbocycles. The minimum Gasteiger partial charge on any atom is -0.495 e. The summed E-state index contributed by atoms with van der Waals surface area (Å²) in [5.74, 6) is 0.773. The first kappa shape index (κ1) is 14.3. The van der Waals surface area contributed by atoms with Crippen LogP contribution in [0.5, 0.6) is 5.75 Å². The SMILES string of the molecule is COc1ccccc1NC(=S)NCCCn1ccnc1. The molecule has 0 fully saturated rings. The first-order chi connectivity index (χ1) is 9.79. The lowest BCUT2D eigenvalue weighted by atomic mass is 10.3. The monoisotopic (exact) mass is 290 g/mol. The predicted molar refractivity (Wildman–Crippen MR) is 84.1 cm³/mol.